The molecule has 1 aliphatic carbocycles. The number of Topliss-reactive ketones (excluding diaryl/α,β-unsaturated/α-hetero) is 1. The zero-order chi connectivity index (χ0) is 9.90. The molecule has 0 bridgehead atoms. The van der Waals surface area contributed by atoms with Crippen molar-refractivity contribution in [1.29, 1.82) is 0 Å². The lowest BCUT2D eigenvalue weighted by atomic mass is 10.2. The Morgan fingerprint density at radius 3 is 2.46 bits per heavy atom. The molecule has 0 aromatic heterocycles. The van der Waals surface area contributed by atoms with Crippen LogP contribution in [0.5, 0.6) is 0 Å². The van der Waals surface area contributed by atoms with Gasteiger partial charge in [-0.3, -0.25) is 4.79 Å². The van der Waals surface area contributed by atoms with Gasteiger partial charge in [-0.1, -0.05) is 25.6 Å². The Morgan fingerprint density at radius 2 is 2.00 bits per heavy atom. The molecule has 0 N–H and O–H groups in total. The smallest absolute Gasteiger partial charge is 0.159 e. The predicted octanol–water partition coefficient (Wildman–Crippen LogP) is 2.55. The molecule has 1 aliphatic rings. The molecular weight excluding hydrogens is 176 g/mol. The van der Waals surface area contributed by atoms with Crippen molar-refractivity contribution in [3.8, 4) is 11.5 Å². The van der Waals surface area contributed by atoms with Gasteiger partial charge in [0.2, 0.25) is 0 Å². The van der Waals surface area contributed by atoms with Crippen LogP contribution in [0, 0.1) is 11.5 Å². The minimum Gasteiger partial charge on any atom is -0.295 e. The average Bonchev–Trinajstić information content (AvgIpc) is 2.34. The van der Waals surface area contributed by atoms with Gasteiger partial charge in [-0.05, 0) is 18.9 Å². The van der Waals surface area contributed by atoms with Crippen LogP contribution in [0.2, 0.25) is 19.6 Å². The molecule has 1 fully saturated rings. The maximum Gasteiger partial charge on any atom is 0.159 e. The van der Waals surface area contributed by atoms with Gasteiger partial charge >= 0.3 is 0 Å². The Balaban J connectivity index is 2.66. The lowest BCUT2D eigenvalue weighted by molar-refractivity contribution is -0.114. The molecule has 2 heteroatoms. The zero-order valence-electron chi connectivity index (χ0n) is 8.61. The summed E-state index contributed by atoms with van der Waals surface area (Å²) in [7, 11) is -1.27. The van der Waals surface area contributed by atoms with Gasteiger partial charge in [-0.15, -0.1) is 5.54 Å². The van der Waals surface area contributed by atoms with Crippen molar-refractivity contribution < 1.29 is 4.79 Å². The molecule has 0 aliphatic heterocycles. The standard InChI is InChI=1S/C11H16OSi/c1-13(2,3)9-5-7-10-6-4-8-11(10)12/h7H,4,6,8H2,1-3H3/b10-7+. The third-order valence-corrected chi connectivity index (χ3v) is 2.80. The largest absolute Gasteiger partial charge is 0.295 e. The van der Waals surface area contributed by atoms with Gasteiger partial charge in [-0.2, -0.15) is 0 Å². The third kappa shape index (κ3) is 3.60. The molecule has 0 amide bonds. The van der Waals surface area contributed by atoms with Crippen LogP contribution in [0.3, 0.4) is 0 Å². The molecule has 1 nitrogen and oxygen atoms in total. The first kappa shape index (κ1) is 10.3. The summed E-state index contributed by atoms with van der Waals surface area (Å²) in [6.45, 7) is 6.61. The van der Waals surface area contributed by atoms with E-state index in [0.29, 0.717) is 5.78 Å². The second-order valence-corrected chi connectivity index (χ2v) is 9.22. The number of ketones is 1. The van der Waals surface area contributed by atoms with E-state index >= 15 is 0 Å². The van der Waals surface area contributed by atoms with E-state index < -0.39 is 8.07 Å². The maximum absolute atomic E-state index is 11.2. The maximum atomic E-state index is 11.2. The molecule has 0 aromatic rings. The number of carbonyl (C=O) groups is 1. The van der Waals surface area contributed by atoms with Crippen LogP contribution in [0.1, 0.15) is 19.3 Å². The van der Waals surface area contributed by atoms with E-state index in [2.05, 4.69) is 31.1 Å². The molecule has 0 spiro atoms. The number of allylic oxidation sites excluding steroid dienone is 2. The van der Waals surface area contributed by atoms with Crippen LogP contribution in [0.15, 0.2) is 11.6 Å². The van der Waals surface area contributed by atoms with Gasteiger partial charge in [-0.25, -0.2) is 0 Å². The minimum atomic E-state index is -1.27. The highest BCUT2D eigenvalue weighted by atomic mass is 28.3. The second kappa shape index (κ2) is 3.93. The minimum absolute atomic E-state index is 0.296. The van der Waals surface area contributed by atoms with Crippen molar-refractivity contribution >= 4 is 13.9 Å². The van der Waals surface area contributed by atoms with Crippen LogP contribution in [0.25, 0.3) is 0 Å². The molecule has 0 unspecified atom stereocenters. The number of rotatable bonds is 0. The first-order valence-corrected chi connectivity index (χ1v) is 8.24. The van der Waals surface area contributed by atoms with E-state index in [1.807, 2.05) is 6.08 Å². The molecular formula is C11H16OSi. The van der Waals surface area contributed by atoms with E-state index in [0.717, 1.165) is 24.8 Å². The van der Waals surface area contributed by atoms with Crippen molar-refractivity contribution in [3.05, 3.63) is 11.6 Å². The van der Waals surface area contributed by atoms with Gasteiger partial charge < -0.3 is 0 Å². The van der Waals surface area contributed by atoms with Gasteiger partial charge in [0, 0.05) is 12.0 Å². The fourth-order valence-corrected chi connectivity index (χ4v) is 1.74. The van der Waals surface area contributed by atoms with Crippen LogP contribution in [0.4, 0.5) is 0 Å². The molecule has 0 heterocycles. The fourth-order valence-electron chi connectivity index (χ4n) is 1.23. The monoisotopic (exact) mass is 192 g/mol. The lowest BCUT2D eigenvalue weighted by Gasteiger charge is -2.02. The van der Waals surface area contributed by atoms with Gasteiger partial charge in [0.15, 0.2) is 5.78 Å². The summed E-state index contributed by atoms with van der Waals surface area (Å²) in [5.74, 6) is 3.32. The van der Waals surface area contributed by atoms with E-state index in [1.54, 1.807) is 0 Å². The first-order chi connectivity index (χ1) is 5.99. The van der Waals surface area contributed by atoms with E-state index in [9.17, 15) is 4.79 Å². The van der Waals surface area contributed by atoms with E-state index in [4.69, 9.17) is 0 Å². The average molecular weight is 192 g/mol. The Morgan fingerprint density at radius 1 is 1.31 bits per heavy atom. The Labute approximate surface area is 81.2 Å². The molecule has 1 rings (SSSR count). The Hall–Kier alpha value is -0.813. The van der Waals surface area contributed by atoms with Crippen LogP contribution >= 0.6 is 0 Å². The van der Waals surface area contributed by atoms with Crippen LogP contribution < -0.4 is 0 Å². The van der Waals surface area contributed by atoms with Crippen molar-refractivity contribution in [2.45, 2.75) is 38.9 Å². The Kier molecular flexibility index (Phi) is 3.10. The molecule has 0 atom stereocenters. The van der Waals surface area contributed by atoms with Crippen molar-refractivity contribution in [3.63, 3.8) is 0 Å². The molecule has 0 aromatic carbocycles. The SMILES string of the molecule is C[Si](C)(C)C#C/C=C1\CCCC1=O. The highest BCUT2D eigenvalue weighted by molar-refractivity contribution is 6.83. The van der Waals surface area contributed by atoms with Crippen LogP contribution in [-0.2, 0) is 4.79 Å². The normalized spacial score (nSPS) is 20.2. The summed E-state index contributed by atoms with van der Waals surface area (Å²) >= 11 is 0. The molecule has 70 valence electrons. The number of carbonyl (C=O) groups excluding carboxylic acids is 1. The fraction of sp³-hybridized carbons (Fsp3) is 0.545. The summed E-state index contributed by atoms with van der Waals surface area (Å²) in [5, 5.41) is 0. The molecule has 13 heavy (non-hydrogen) atoms. The summed E-state index contributed by atoms with van der Waals surface area (Å²) in [5.41, 5.74) is 4.17. The summed E-state index contributed by atoms with van der Waals surface area (Å²) in [6.07, 6.45) is 4.49. The first-order valence-electron chi connectivity index (χ1n) is 4.74. The third-order valence-electron chi connectivity index (χ3n) is 1.90. The van der Waals surface area contributed by atoms with E-state index in [-0.39, 0.29) is 0 Å². The molecule has 0 saturated heterocycles. The summed E-state index contributed by atoms with van der Waals surface area (Å²) in [4.78, 5) is 11.2. The predicted molar refractivity (Wildman–Crippen MR) is 58.1 cm³/mol. The van der Waals surface area contributed by atoms with Crippen molar-refractivity contribution in [1.82, 2.24) is 0 Å². The molecule has 1 saturated carbocycles. The lowest BCUT2D eigenvalue weighted by Crippen LogP contribution is -2.16. The van der Waals surface area contributed by atoms with Crippen LogP contribution in [-0.4, -0.2) is 13.9 Å². The number of hydrogen-bond acceptors (Lipinski definition) is 1. The highest BCUT2D eigenvalue weighted by Gasteiger charge is 2.15. The zero-order valence-corrected chi connectivity index (χ0v) is 9.61. The topological polar surface area (TPSA) is 17.1 Å². The second-order valence-electron chi connectivity index (χ2n) is 4.47. The van der Waals surface area contributed by atoms with Gasteiger partial charge in [0.25, 0.3) is 0 Å². The van der Waals surface area contributed by atoms with Crippen molar-refractivity contribution in [2.24, 2.45) is 0 Å². The Bertz CT molecular complexity index is 296. The molecule has 0 radical (unpaired) electrons. The van der Waals surface area contributed by atoms with Crippen molar-refractivity contribution in [2.75, 3.05) is 0 Å². The van der Waals surface area contributed by atoms with E-state index in [1.165, 1.54) is 0 Å². The van der Waals surface area contributed by atoms with Gasteiger partial charge in [0.1, 0.15) is 8.07 Å². The number of hydrogen-bond donors (Lipinski definition) is 0. The summed E-state index contributed by atoms with van der Waals surface area (Å²) < 4.78 is 0. The quantitative estimate of drug-likeness (QED) is 0.327. The highest BCUT2D eigenvalue weighted by Crippen LogP contribution is 2.19. The van der Waals surface area contributed by atoms with Gasteiger partial charge in [0.05, 0.1) is 0 Å². The summed E-state index contributed by atoms with van der Waals surface area (Å²) in [6, 6.07) is 0.